The summed E-state index contributed by atoms with van der Waals surface area (Å²) >= 11 is 0. The van der Waals surface area contributed by atoms with E-state index in [4.69, 9.17) is 19.9 Å². The first-order chi connectivity index (χ1) is 16.4. The largest absolute Gasteiger partial charge is 0.490 e. The highest BCUT2D eigenvalue weighted by Crippen LogP contribution is 2.33. The summed E-state index contributed by atoms with van der Waals surface area (Å²) in [5.41, 5.74) is 6.61. The molecule has 1 aromatic carbocycles. The van der Waals surface area contributed by atoms with Crippen LogP contribution in [-0.4, -0.2) is 73.3 Å². The molecule has 2 saturated heterocycles. The van der Waals surface area contributed by atoms with Crippen molar-refractivity contribution >= 4 is 22.6 Å². The highest BCUT2D eigenvalue weighted by atomic mass is 16.5. The van der Waals surface area contributed by atoms with Crippen molar-refractivity contribution in [3.63, 3.8) is 0 Å². The van der Waals surface area contributed by atoms with E-state index in [9.17, 15) is 9.59 Å². The SMILES string of the molecule is CC(C)Oc1cc2c(OC[C@@H]3CCC(=O)N3)ncc(C#CCN3CCOCC3)c2cc1C(N)=O. The third kappa shape index (κ3) is 5.76. The van der Waals surface area contributed by atoms with Gasteiger partial charge in [-0.2, -0.15) is 0 Å². The van der Waals surface area contributed by atoms with Gasteiger partial charge in [0, 0.05) is 36.5 Å². The molecule has 0 unspecified atom stereocenters. The van der Waals surface area contributed by atoms with Crippen LogP contribution in [0.2, 0.25) is 0 Å². The smallest absolute Gasteiger partial charge is 0.252 e. The Bertz CT molecular complexity index is 1130. The molecule has 9 nitrogen and oxygen atoms in total. The van der Waals surface area contributed by atoms with Crippen LogP contribution in [0.4, 0.5) is 0 Å². The number of pyridine rings is 1. The van der Waals surface area contributed by atoms with Crippen LogP contribution >= 0.6 is 0 Å². The molecule has 3 N–H and O–H groups in total. The highest BCUT2D eigenvalue weighted by molar-refractivity contribution is 6.03. The van der Waals surface area contributed by atoms with E-state index in [0.29, 0.717) is 60.8 Å². The van der Waals surface area contributed by atoms with Gasteiger partial charge in [0.05, 0.1) is 43.0 Å². The molecule has 3 heterocycles. The van der Waals surface area contributed by atoms with Crippen molar-refractivity contribution in [3.05, 3.63) is 29.5 Å². The first-order valence-electron chi connectivity index (χ1n) is 11.5. The summed E-state index contributed by atoms with van der Waals surface area (Å²) in [6, 6.07) is 3.37. The molecule has 2 amide bonds. The number of primary amides is 1. The van der Waals surface area contributed by atoms with Gasteiger partial charge in [0.1, 0.15) is 12.4 Å². The van der Waals surface area contributed by atoms with Gasteiger partial charge < -0.3 is 25.3 Å². The van der Waals surface area contributed by atoms with Crippen molar-refractivity contribution < 1.29 is 23.8 Å². The van der Waals surface area contributed by atoms with Crippen molar-refractivity contribution in [2.45, 2.75) is 38.8 Å². The predicted octanol–water partition coefficient (Wildman–Crippen LogP) is 1.46. The van der Waals surface area contributed by atoms with Gasteiger partial charge >= 0.3 is 0 Å². The molecule has 9 heteroatoms. The summed E-state index contributed by atoms with van der Waals surface area (Å²) in [4.78, 5) is 30.4. The summed E-state index contributed by atoms with van der Waals surface area (Å²) < 4.78 is 17.2. The van der Waals surface area contributed by atoms with Crippen molar-refractivity contribution in [1.82, 2.24) is 15.2 Å². The van der Waals surface area contributed by atoms with E-state index in [1.54, 1.807) is 18.3 Å². The van der Waals surface area contributed by atoms with E-state index in [0.717, 1.165) is 19.5 Å². The highest BCUT2D eigenvalue weighted by Gasteiger charge is 2.23. The normalized spacial score (nSPS) is 18.4. The van der Waals surface area contributed by atoms with E-state index in [-0.39, 0.29) is 23.6 Å². The molecule has 34 heavy (non-hydrogen) atoms. The van der Waals surface area contributed by atoms with Gasteiger partial charge in [-0.05, 0) is 32.4 Å². The third-order valence-electron chi connectivity index (χ3n) is 5.71. The van der Waals surface area contributed by atoms with Gasteiger partial charge in [-0.15, -0.1) is 0 Å². The number of fused-ring (bicyclic) bond motifs is 1. The van der Waals surface area contributed by atoms with E-state index in [1.165, 1.54) is 0 Å². The maximum Gasteiger partial charge on any atom is 0.252 e. The number of hydrogen-bond donors (Lipinski definition) is 2. The molecule has 2 aromatic rings. The van der Waals surface area contributed by atoms with Crippen LogP contribution in [0.1, 0.15) is 42.6 Å². The van der Waals surface area contributed by atoms with Crippen LogP contribution in [-0.2, 0) is 9.53 Å². The Kier molecular flexibility index (Phi) is 7.50. The first-order valence-corrected chi connectivity index (χ1v) is 11.5. The minimum Gasteiger partial charge on any atom is -0.490 e. The van der Waals surface area contributed by atoms with E-state index < -0.39 is 5.91 Å². The Morgan fingerprint density at radius 2 is 2.12 bits per heavy atom. The first kappa shape index (κ1) is 23.8. The zero-order valence-corrected chi connectivity index (χ0v) is 19.6. The molecule has 0 bridgehead atoms. The predicted molar refractivity (Wildman–Crippen MR) is 127 cm³/mol. The third-order valence-corrected chi connectivity index (χ3v) is 5.71. The fraction of sp³-hybridized carbons (Fsp3) is 0.480. The topological polar surface area (TPSA) is 116 Å². The number of morpholine rings is 1. The Morgan fingerprint density at radius 1 is 1.32 bits per heavy atom. The van der Waals surface area contributed by atoms with Crippen LogP contribution in [0.5, 0.6) is 11.6 Å². The van der Waals surface area contributed by atoms with E-state index >= 15 is 0 Å². The van der Waals surface area contributed by atoms with Gasteiger partial charge in [0.25, 0.3) is 5.91 Å². The molecule has 180 valence electrons. The van der Waals surface area contributed by atoms with Crippen LogP contribution in [0.25, 0.3) is 10.8 Å². The summed E-state index contributed by atoms with van der Waals surface area (Å²) in [5, 5.41) is 4.27. The molecule has 4 rings (SSSR count). The molecular weight excluding hydrogens is 436 g/mol. The average Bonchev–Trinajstić information content (AvgIpc) is 3.23. The number of ether oxygens (including phenoxy) is 3. The van der Waals surface area contributed by atoms with Crippen LogP contribution < -0.4 is 20.5 Å². The molecule has 0 saturated carbocycles. The number of amides is 2. The number of rotatable bonds is 7. The molecule has 0 spiro atoms. The van der Waals surface area contributed by atoms with Crippen molar-refractivity contribution in [2.24, 2.45) is 5.73 Å². The van der Waals surface area contributed by atoms with Crippen LogP contribution in [0.15, 0.2) is 18.3 Å². The molecule has 0 aliphatic carbocycles. The molecule has 2 fully saturated rings. The second kappa shape index (κ2) is 10.7. The van der Waals surface area contributed by atoms with Crippen LogP contribution in [0, 0.1) is 11.8 Å². The van der Waals surface area contributed by atoms with Gasteiger partial charge in [0.15, 0.2) is 0 Å². The number of nitrogens with one attached hydrogen (secondary N) is 1. The average molecular weight is 467 g/mol. The fourth-order valence-corrected chi connectivity index (χ4v) is 3.99. The van der Waals surface area contributed by atoms with Gasteiger partial charge in [0.2, 0.25) is 11.8 Å². The van der Waals surface area contributed by atoms with Gasteiger partial charge in [-0.3, -0.25) is 14.5 Å². The summed E-state index contributed by atoms with van der Waals surface area (Å²) in [5.74, 6) is 6.59. The Labute approximate surface area is 198 Å². The summed E-state index contributed by atoms with van der Waals surface area (Å²) in [6.07, 6.45) is 2.70. The number of benzene rings is 1. The van der Waals surface area contributed by atoms with E-state index in [2.05, 4.69) is 27.0 Å². The maximum atomic E-state index is 12.2. The van der Waals surface area contributed by atoms with Gasteiger partial charge in [-0.25, -0.2) is 4.98 Å². The molecule has 1 atom stereocenters. The van der Waals surface area contributed by atoms with Crippen molar-refractivity contribution in [1.29, 1.82) is 0 Å². The monoisotopic (exact) mass is 466 g/mol. The lowest BCUT2D eigenvalue weighted by atomic mass is 10.0. The van der Waals surface area contributed by atoms with Crippen molar-refractivity contribution in [2.75, 3.05) is 39.5 Å². The Hall–Kier alpha value is -3.35. The molecule has 2 aliphatic rings. The van der Waals surface area contributed by atoms with Crippen LogP contribution in [0.3, 0.4) is 0 Å². The second-order valence-electron chi connectivity index (χ2n) is 8.71. The second-order valence-corrected chi connectivity index (χ2v) is 8.71. The summed E-state index contributed by atoms with van der Waals surface area (Å²) in [6.45, 7) is 7.78. The molecule has 0 radical (unpaired) electrons. The molecule has 2 aliphatic heterocycles. The Balaban J connectivity index is 1.69. The van der Waals surface area contributed by atoms with Gasteiger partial charge in [-0.1, -0.05) is 11.8 Å². The number of nitrogens with zero attached hydrogens (tertiary/aromatic N) is 2. The molecule has 1 aromatic heterocycles. The van der Waals surface area contributed by atoms with Crippen molar-refractivity contribution in [3.8, 4) is 23.5 Å². The number of carbonyl (C=O) groups excluding carboxylic acids is 2. The maximum absolute atomic E-state index is 12.2. The lowest BCUT2D eigenvalue weighted by Gasteiger charge is -2.24. The minimum absolute atomic E-state index is 0.0241. The number of nitrogens with two attached hydrogens (primary N) is 1. The molecular formula is C25H30N4O5. The fourth-order valence-electron chi connectivity index (χ4n) is 3.99. The Morgan fingerprint density at radius 3 is 2.79 bits per heavy atom. The quantitative estimate of drug-likeness (QED) is 0.594. The number of hydrogen-bond acceptors (Lipinski definition) is 7. The standard InChI is InChI=1S/C25H30N4O5/c1-16(2)34-22-13-20-19(12-21(22)24(26)31)17(4-3-7-29-8-10-32-11-9-29)14-27-25(20)33-15-18-5-6-23(30)28-18/h12-14,16,18H,5-11,15H2,1-2H3,(H2,26,31)(H,28,30)/t18-/m0/s1. The zero-order chi connectivity index (χ0) is 24.1. The number of aromatic nitrogens is 1. The minimum atomic E-state index is -0.585. The zero-order valence-electron chi connectivity index (χ0n) is 19.6. The lowest BCUT2D eigenvalue weighted by molar-refractivity contribution is -0.119. The lowest BCUT2D eigenvalue weighted by Crippen LogP contribution is -2.36. The summed E-state index contributed by atoms with van der Waals surface area (Å²) in [7, 11) is 0. The van der Waals surface area contributed by atoms with E-state index in [1.807, 2.05) is 13.8 Å². The number of carbonyl (C=O) groups is 2.